The first-order valence-electron chi connectivity index (χ1n) is 4.76. The van der Waals surface area contributed by atoms with Crippen molar-refractivity contribution < 1.29 is 9.59 Å². The predicted molar refractivity (Wildman–Crippen MR) is 51.2 cm³/mol. The van der Waals surface area contributed by atoms with E-state index in [2.05, 4.69) is 22.8 Å². The second-order valence-corrected chi connectivity index (χ2v) is 3.51. The molecule has 1 unspecified atom stereocenters. The maximum atomic E-state index is 11.2. The molecule has 2 N–H and O–H groups in total. The number of amides is 3. The van der Waals surface area contributed by atoms with E-state index >= 15 is 0 Å². The predicted octanol–water partition coefficient (Wildman–Crippen LogP) is 1.07. The topological polar surface area (TPSA) is 58.2 Å². The van der Waals surface area contributed by atoms with Crippen molar-refractivity contribution in [2.24, 2.45) is 5.92 Å². The quantitative estimate of drug-likeness (QED) is 0.371. The molecule has 1 saturated heterocycles. The van der Waals surface area contributed by atoms with Crippen LogP contribution in [0.3, 0.4) is 0 Å². The Morgan fingerprint density at radius 3 is 2.79 bits per heavy atom. The molecule has 3 amide bonds. The van der Waals surface area contributed by atoms with Crippen molar-refractivity contribution in [3.05, 3.63) is 23.9 Å². The molecule has 0 aromatic rings. The minimum atomic E-state index is -0.430. The molecular formula is C10H12N2O2. The Bertz CT molecular complexity index is 331. The first-order valence-corrected chi connectivity index (χ1v) is 4.76. The van der Waals surface area contributed by atoms with E-state index < -0.39 is 6.03 Å². The van der Waals surface area contributed by atoms with E-state index in [-0.39, 0.29) is 11.8 Å². The van der Waals surface area contributed by atoms with Gasteiger partial charge in [0, 0.05) is 0 Å². The van der Waals surface area contributed by atoms with Gasteiger partial charge in [0.1, 0.15) is 5.70 Å². The third-order valence-corrected chi connectivity index (χ3v) is 2.39. The van der Waals surface area contributed by atoms with Crippen molar-refractivity contribution in [3.63, 3.8) is 0 Å². The lowest BCUT2D eigenvalue weighted by Gasteiger charge is -2.11. The molecule has 0 bridgehead atoms. The second kappa shape index (κ2) is 3.65. The van der Waals surface area contributed by atoms with Crippen LogP contribution in [-0.2, 0) is 4.79 Å². The number of carbonyl (C=O) groups is 2. The van der Waals surface area contributed by atoms with E-state index in [0.717, 1.165) is 19.3 Å². The summed E-state index contributed by atoms with van der Waals surface area (Å²) in [5.74, 6) is -0.0446. The maximum absolute atomic E-state index is 11.2. The average Bonchev–Trinajstić information content (AvgIpc) is 2.47. The normalized spacial score (nSPS) is 29.1. The summed E-state index contributed by atoms with van der Waals surface area (Å²) in [4.78, 5) is 22.0. The molecule has 2 aliphatic rings. The van der Waals surface area contributed by atoms with Crippen LogP contribution in [0.1, 0.15) is 19.3 Å². The van der Waals surface area contributed by atoms with Gasteiger partial charge in [-0.25, -0.2) is 4.79 Å². The fourth-order valence-electron chi connectivity index (χ4n) is 1.69. The Kier molecular flexibility index (Phi) is 2.35. The largest absolute Gasteiger partial charge is 0.326 e. The Balaban J connectivity index is 2.09. The Labute approximate surface area is 82.1 Å². The number of imide groups is 1. The van der Waals surface area contributed by atoms with Gasteiger partial charge < -0.3 is 5.32 Å². The SMILES string of the molecule is O=C1NC(=O)C(=CC2C=CCCC2)N1. The fourth-order valence-corrected chi connectivity index (χ4v) is 1.69. The van der Waals surface area contributed by atoms with E-state index in [4.69, 9.17) is 0 Å². The Morgan fingerprint density at radius 2 is 2.21 bits per heavy atom. The van der Waals surface area contributed by atoms with Crippen molar-refractivity contribution in [1.82, 2.24) is 10.6 Å². The number of hydrogen-bond donors (Lipinski definition) is 2. The van der Waals surface area contributed by atoms with E-state index in [1.54, 1.807) is 0 Å². The number of rotatable bonds is 1. The Morgan fingerprint density at radius 1 is 1.36 bits per heavy atom. The van der Waals surface area contributed by atoms with Crippen LogP contribution in [0, 0.1) is 5.92 Å². The van der Waals surface area contributed by atoms with Crippen LogP contribution in [0.2, 0.25) is 0 Å². The highest BCUT2D eigenvalue weighted by molar-refractivity contribution is 6.11. The molecule has 1 fully saturated rings. The standard InChI is InChI=1S/C10H12N2O2/c13-9-8(11-10(14)12-9)6-7-4-2-1-3-5-7/h2,4,6-7H,1,3,5H2,(H2,11,12,13,14). The van der Waals surface area contributed by atoms with Crippen molar-refractivity contribution in [3.8, 4) is 0 Å². The van der Waals surface area contributed by atoms with Crippen LogP contribution in [0.25, 0.3) is 0 Å². The molecule has 1 heterocycles. The van der Waals surface area contributed by atoms with Crippen molar-refractivity contribution >= 4 is 11.9 Å². The molecule has 0 aromatic heterocycles. The zero-order valence-corrected chi connectivity index (χ0v) is 7.75. The van der Waals surface area contributed by atoms with Crippen molar-refractivity contribution in [1.29, 1.82) is 0 Å². The van der Waals surface area contributed by atoms with Gasteiger partial charge in [-0.2, -0.15) is 0 Å². The summed E-state index contributed by atoms with van der Waals surface area (Å²) in [5.41, 5.74) is 0.381. The lowest BCUT2D eigenvalue weighted by molar-refractivity contribution is -0.115. The zero-order valence-electron chi connectivity index (χ0n) is 7.75. The van der Waals surface area contributed by atoms with Gasteiger partial charge in [0.25, 0.3) is 5.91 Å². The maximum Gasteiger partial charge on any atom is 0.326 e. The van der Waals surface area contributed by atoms with Crippen LogP contribution >= 0.6 is 0 Å². The molecule has 1 aliphatic heterocycles. The van der Waals surface area contributed by atoms with Gasteiger partial charge in [0.15, 0.2) is 0 Å². The molecule has 14 heavy (non-hydrogen) atoms. The lowest BCUT2D eigenvalue weighted by atomic mass is 9.95. The number of urea groups is 1. The minimum absolute atomic E-state index is 0.280. The summed E-state index contributed by atoms with van der Waals surface area (Å²) in [6, 6.07) is -0.430. The van der Waals surface area contributed by atoms with Gasteiger partial charge in [-0.15, -0.1) is 0 Å². The van der Waals surface area contributed by atoms with Crippen molar-refractivity contribution in [2.75, 3.05) is 0 Å². The van der Waals surface area contributed by atoms with Crippen LogP contribution in [0.4, 0.5) is 4.79 Å². The molecule has 0 spiro atoms. The minimum Gasteiger partial charge on any atom is -0.303 e. The van der Waals surface area contributed by atoms with E-state index in [9.17, 15) is 9.59 Å². The first-order chi connectivity index (χ1) is 6.75. The van der Waals surface area contributed by atoms with Crippen LogP contribution < -0.4 is 10.6 Å². The highest BCUT2D eigenvalue weighted by atomic mass is 16.2. The molecule has 74 valence electrons. The number of carbonyl (C=O) groups excluding carboxylic acids is 2. The van der Waals surface area contributed by atoms with E-state index in [1.807, 2.05) is 6.08 Å². The molecule has 1 aliphatic carbocycles. The van der Waals surface area contributed by atoms with Gasteiger partial charge >= 0.3 is 6.03 Å². The third kappa shape index (κ3) is 1.84. The van der Waals surface area contributed by atoms with Crippen molar-refractivity contribution in [2.45, 2.75) is 19.3 Å². The highest BCUT2D eigenvalue weighted by Crippen LogP contribution is 2.19. The average molecular weight is 192 g/mol. The molecule has 0 aromatic carbocycles. The van der Waals surface area contributed by atoms with E-state index in [0.29, 0.717) is 5.70 Å². The molecular weight excluding hydrogens is 180 g/mol. The fraction of sp³-hybridized carbons (Fsp3) is 0.400. The molecule has 4 heteroatoms. The lowest BCUT2D eigenvalue weighted by Crippen LogP contribution is -2.22. The monoisotopic (exact) mass is 192 g/mol. The number of hydrogen-bond acceptors (Lipinski definition) is 2. The summed E-state index contributed by atoms with van der Waals surface area (Å²) >= 11 is 0. The van der Waals surface area contributed by atoms with Crippen LogP contribution in [-0.4, -0.2) is 11.9 Å². The molecule has 0 saturated carbocycles. The number of nitrogens with one attached hydrogen (secondary N) is 2. The van der Waals surface area contributed by atoms with Crippen LogP contribution in [0.5, 0.6) is 0 Å². The summed E-state index contributed by atoms with van der Waals surface area (Å²) in [6.07, 6.45) is 9.30. The molecule has 4 nitrogen and oxygen atoms in total. The van der Waals surface area contributed by atoms with Gasteiger partial charge in [0.05, 0.1) is 0 Å². The molecule has 1 atom stereocenters. The van der Waals surface area contributed by atoms with Crippen LogP contribution in [0.15, 0.2) is 23.9 Å². The van der Waals surface area contributed by atoms with Gasteiger partial charge in [-0.1, -0.05) is 12.2 Å². The summed E-state index contributed by atoms with van der Waals surface area (Å²) in [7, 11) is 0. The third-order valence-electron chi connectivity index (χ3n) is 2.39. The second-order valence-electron chi connectivity index (χ2n) is 3.51. The highest BCUT2D eigenvalue weighted by Gasteiger charge is 2.23. The van der Waals surface area contributed by atoms with Gasteiger partial charge in [0.2, 0.25) is 0 Å². The first kappa shape index (κ1) is 8.99. The smallest absolute Gasteiger partial charge is 0.303 e. The summed E-state index contributed by atoms with van der Waals surface area (Å²) < 4.78 is 0. The summed E-state index contributed by atoms with van der Waals surface area (Å²) in [6.45, 7) is 0. The van der Waals surface area contributed by atoms with Gasteiger partial charge in [-0.05, 0) is 31.3 Å². The number of allylic oxidation sites excluding steroid dienone is 3. The molecule has 0 radical (unpaired) electrons. The molecule has 2 rings (SSSR count). The summed E-state index contributed by atoms with van der Waals surface area (Å²) in [5, 5.41) is 4.65. The van der Waals surface area contributed by atoms with E-state index in [1.165, 1.54) is 0 Å². The Hall–Kier alpha value is -1.58. The van der Waals surface area contributed by atoms with Gasteiger partial charge in [-0.3, -0.25) is 10.1 Å². The zero-order chi connectivity index (χ0) is 9.97.